The van der Waals surface area contributed by atoms with Crippen LogP contribution in [0, 0.1) is 34.6 Å². The van der Waals surface area contributed by atoms with Crippen LogP contribution in [0.2, 0.25) is 0 Å². The van der Waals surface area contributed by atoms with E-state index >= 15 is 0 Å². The highest BCUT2D eigenvalue weighted by molar-refractivity contribution is 8.15. The number of nitrogens with one attached hydrogen (secondary N) is 2. The number of ether oxygens (including phenoxy) is 1. The van der Waals surface area contributed by atoms with E-state index in [0.717, 1.165) is 30.3 Å². The van der Waals surface area contributed by atoms with Gasteiger partial charge in [0.15, 0.2) is 11.6 Å². The highest BCUT2D eigenvalue weighted by Crippen LogP contribution is 2.50. The Morgan fingerprint density at radius 3 is 2.60 bits per heavy atom. The van der Waals surface area contributed by atoms with Gasteiger partial charge in [0.25, 0.3) is 0 Å². The number of hydrogen-bond donors (Lipinski definition) is 3. The molecule has 0 aromatic heterocycles. The lowest BCUT2D eigenvalue weighted by Gasteiger charge is -2.44. The number of halogens is 4. The molecule has 3 rings (SSSR count). The third-order valence-electron chi connectivity index (χ3n) is 4.75. The van der Waals surface area contributed by atoms with E-state index in [1.807, 2.05) is 0 Å². The van der Waals surface area contributed by atoms with Gasteiger partial charge in [0.1, 0.15) is 22.3 Å². The predicted molar refractivity (Wildman–Crippen MR) is 105 cm³/mol. The molecule has 0 saturated heterocycles. The Hall–Kier alpha value is -2.59. The van der Waals surface area contributed by atoms with Crippen LogP contribution in [-0.2, 0) is 9.67 Å². The molecule has 4 N–H and O–H groups in total. The van der Waals surface area contributed by atoms with E-state index in [-0.39, 0.29) is 30.0 Å². The lowest BCUT2D eigenvalue weighted by Crippen LogP contribution is -2.53. The zero-order valence-electron chi connectivity index (χ0n) is 15.9. The lowest BCUT2D eigenvalue weighted by atomic mass is 9.87. The number of benzene rings is 2. The van der Waals surface area contributed by atoms with Gasteiger partial charge in [-0.25, -0.2) is 17.6 Å². The molecule has 0 aliphatic carbocycles. The molecule has 1 aliphatic rings. The zero-order valence-corrected chi connectivity index (χ0v) is 16.7. The van der Waals surface area contributed by atoms with Crippen LogP contribution in [0.1, 0.15) is 24.5 Å². The average molecular weight is 441 g/mol. The zero-order chi connectivity index (χ0) is 22.1. The number of hydrogen-bond acceptors (Lipinski definition) is 5. The summed E-state index contributed by atoms with van der Waals surface area (Å²) >= 11 is 0.698. The highest BCUT2D eigenvalue weighted by Gasteiger charge is 2.48. The van der Waals surface area contributed by atoms with Crippen LogP contribution in [0.5, 0.6) is 5.75 Å². The fraction of sp³-hybridized carbons (Fsp3) is 0.300. The molecule has 5 nitrogen and oxygen atoms in total. The van der Waals surface area contributed by atoms with Gasteiger partial charge in [-0.15, -0.1) is 0 Å². The van der Waals surface area contributed by atoms with Gasteiger partial charge in [0.05, 0.1) is 11.7 Å². The minimum Gasteiger partial charge on any atom is -0.493 e. The van der Waals surface area contributed by atoms with Crippen molar-refractivity contribution in [2.45, 2.75) is 18.2 Å². The molecule has 30 heavy (non-hydrogen) atoms. The SMILES string of the molecule is CC(=O)NC1(SC(=N)c2cc(F)ccc2F)c2cc(F)c(F)cc2OC[C@@H]1CCN. The van der Waals surface area contributed by atoms with Crippen molar-refractivity contribution in [1.29, 1.82) is 5.41 Å². The largest absolute Gasteiger partial charge is 0.493 e. The number of fused-ring (bicyclic) bond motifs is 1. The van der Waals surface area contributed by atoms with E-state index in [1.165, 1.54) is 6.92 Å². The van der Waals surface area contributed by atoms with Gasteiger partial charge in [0.2, 0.25) is 5.91 Å². The molecule has 0 fully saturated rings. The number of carbonyl (C=O) groups excluding carboxylic acids is 1. The Morgan fingerprint density at radius 1 is 1.23 bits per heavy atom. The minimum absolute atomic E-state index is 0.0124. The van der Waals surface area contributed by atoms with Crippen molar-refractivity contribution in [1.82, 2.24) is 5.32 Å². The van der Waals surface area contributed by atoms with E-state index in [1.54, 1.807) is 0 Å². The summed E-state index contributed by atoms with van der Waals surface area (Å²) in [6.45, 7) is 1.39. The molecule has 1 aliphatic heterocycles. The smallest absolute Gasteiger partial charge is 0.218 e. The molecule has 0 spiro atoms. The van der Waals surface area contributed by atoms with E-state index < -0.39 is 45.0 Å². The Kier molecular flexibility index (Phi) is 6.37. The van der Waals surface area contributed by atoms with E-state index in [4.69, 9.17) is 15.9 Å². The Labute approximate surface area is 174 Å². The number of amides is 1. The number of nitrogens with two attached hydrogens (primary N) is 1. The third kappa shape index (κ3) is 4.15. The number of thioether (sulfide) groups is 1. The Bertz CT molecular complexity index is 1000. The lowest BCUT2D eigenvalue weighted by molar-refractivity contribution is -0.120. The molecule has 0 bridgehead atoms. The molecular formula is C20H19F4N3O2S. The molecule has 0 radical (unpaired) electrons. The molecular weight excluding hydrogens is 422 g/mol. The van der Waals surface area contributed by atoms with Gasteiger partial charge < -0.3 is 15.8 Å². The fourth-order valence-corrected chi connectivity index (χ4v) is 4.84. The van der Waals surface area contributed by atoms with Gasteiger partial charge in [-0.05, 0) is 37.2 Å². The summed E-state index contributed by atoms with van der Waals surface area (Å²) in [6.07, 6.45) is 0.296. The van der Waals surface area contributed by atoms with Gasteiger partial charge in [-0.3, -0.25) is 10.2 Å². The first kappa shape index (κ1) is 22.1. The first-order chi connectivity index (χ1) is 14.2. The summed E-state index contributed by atoms with van der Waals surface area (Å²) in [7, 11) is 0. The van der Waals surface area contributed by atoms with Crippen LogP contribution >= 0.6 is 11.8 Å². The van der Waals surface area contributed by atoms with Crippen molar-refractivity contribution in [3.63, 3.8) is 0 Å². The molecule has 0 saturated carbocycles. The monoisotopic (exact) mass is 441 g/mol. The van der Waals surface area contributed by atoms with Crippen molar-refractivity contribution in [3.05, 3.63) is 64.7 Å². The van der Waals surface area contributed by atoms with Crippen LogP contribution in [0.15, 0.2) is 30.3 Å². The van der Waals surface area contributed by atoms with E-state index in [0.29, 0.717) is 18.2 Å². The van der Waals surface area contributed by atoms with Crippen LogP contribution in [0.4, 0.5) is 17.6 Å². The molecule has 1 heterocycles. The van der Waals surface area contributed by atoms with Crippen LogP contribution < -0.4 is 15.8 Å². The number of carbonyl (C=O) groups is 1. The second-order valence-corrected chi connectivity index (χ2v) is 8.08. The summed E-state index contributed by atoms with van der Waals surface area (Å²) in [5.41, 5.74) is 5.45. The predicted octanol–water partition coefficient (Wildman–Crippen LogP) is 3.65. The van der Waals surface area contributed by atoms with Gasteiger partial charge in [-0.2, -0.15) is 0 Å². The van der Waals surface area contributed by atoms with Crippen LogP contribution in [0.25, 0.3) is 0 Å². The molecule has 1 unspecified atom stereocenters. The molecule has 2 atom stereocenters. The molecule has 2 aromatic rings. The van der Waals surface area contributed by atoms with E-state index in [2.05, 4.69) is 5.32 Å². The first-order valence-corrected chi connectivity index (χ1v) is 9.83. The summed E-state index contributed by atoms with van der Waals surface area (Å²) in [5.74, 6) is -5.00. The van der Waals surface area contributed by atoms with Crippen molar-refractivity contribution < 1.29 is 27.1 Å². The maximum atomic E-state index is 14.3. The summed E-state index contributed by atoms with van der Waals surface area (Å²) in [6, 6.07) is 4.39. The standard InChI is InChI=1S/C20H19F4N3O2S/c1-10(28)27-20(30-19(26)13-6-12(21)2-3-15(13)22)11(4-5-25)9-29-18-8-17(24)16(23)7-14(18)20/h2-3,6-8,11,26H,4-5,9,25H2,1H3,(H,27,28)/t11-,20?/m0/s1. The molecule has 160 valence electrons. The van der Waals surface area contributed by atoms with Gasteiger partial charge in [0, 0.05) is 30.0 Å². The van der Waals surface area contributed by atoms with Crippen molar-refractivity contribution >= 4 is 22.7 Å². The molecule has 2 aromatic carbocycles. The summed E-state index contributed by atoms with van der Waals surface area (Å²) < 4.78 is 61.4. The van der Waals surface area contributed by atoms with Crippen molar-refractivity contribution in [3.8, 4) is 5.75 Å². The highest BCUT2D eigenvalue weighted by atomic mass is 32.2. The molecule has 10 heteroatoms. The van der Waals surface area contributed by atoms with Crippen LogP contribution in [0.3, 0.4) is 0 Å². The second kappa shape index (κ2) is 8.65. The van der Waals surface area contributed by atoms with Gasteiger partial charge >= 0.3 is 0 Å². The summed E-state index contributed by atoms with van der Waals surface area (Å²) in [5, 5.41) is 10.7. The third-order valence-corrected chi connectivity index (χ3v) is 6.15. The van der Waals surface area contributed by atoms with Crippen molar-refractivity contribution in [2.75, 3.05) is 13.2 Å². The maximum Gasteiger partial charge on any atom is 0.218 e. The Balaban J connectivity index is 2.17. The average Bonchev–Trinajstić information content (AvgIpc) is 2.67. The second-order valence-electron chi connectivity index (χ2n) is 6.82. The van der Waals surface area contributed by atoms with E-state index in [9.17, 15) is 22.4 Å². The first-order valence-electron chi connectivity index (χ1n) is 9.02. The summed E-state index contributed by atoms with van der Waals surface area (Å²) in [4.78, 5) is 10.6. The topological polar surface area (TPSA) is 88.2 Å². The van der Waals surface area contributed by atoms with Crippen molar-refractivity contribution in [2.24, 2.45) is 11.7 Å². The minimum atomic E-state index is -1.51. The molecule has 1 amide bonds. The van der Waals surface area contributed by atoms with Crippen LogP contribution in [-0.4, -0.2) is 24.1 Å². The Morgan fingerprint density at radius 2 is 1.93 bits per heavy atom. The maximum absolute atomic E-state index is 14.3. The number of rotatable bonds is 5. The quantitative estimate of drug-likeness (QED) is 0.286. The fourth-order valence-electron chi connectivity index (χ4n) is 3.44. The van der Waals surface area contributed by atoms with Gasteiger partial charge in [-0.1, -0.05) is 11.8 Å². The normalized spacial score (nSPS) is 20.3.